The molecule has 0 heterocycles. The summed E-state index contributed by atoms with van der Waals surface area (Å²) in [5.41, 5.74) is 1.29. The third-order valence-electron chi connectivity index (χ3n) is 2.86. The molecule has 21 heavy (non-hydrogen) atoms. The van der Waals surface area contributed by atoms with Crippen LogP contribution in [0, 0.1) is 18.3 Å². The van der Waals surface area contributed by atoms with Crippen molar-refractivity contribution in [3.63, 3.8) is 0 Å². The predicted octanol–water partition coefficient (Wildman–Crippen LogP) is 3.97. The van der Waals surface area contributed by atoms with Crippen LogP contribution in [0.3, 0.4) is 0 Å². The van der Waals surface area contributed by atoms with Crippen LogP contribution in [-0.2, 0) is 10.0 Å². The van der Waals surface area contributed by atoms with E-state index in [2.05, 4.69) is 4.72 Å². The highest BCUT2D eigenvalue weighted by Crippen LogP contribution is 2.28. The summed E-state index contributed by atoms with van der Waals surface area (Å²) in [5.74, 6) is 0. The minimum atomic E-state index is -3.86. The third-order valence-corrected chi connectivity index (χ3v) is 5.12. The lowest BCUT2D eigenvalue weighted by Gasteiger charge is -2.12. The molecule has 0 aliphatic rings. The smallest absolute Gasteiger partial charge is 0.263 e. The topological polar surface area (TPSA) is 70.0 Å². The van der Waals surface area contributed by atoms with E-state index in [4.69, 9.17) is 28.5 Å². The van der Waals surface area contributed by atoms with Crippen LogP contribution < -0.4 is 4.72 Å². The van der Waals surface area contributed by atoms with Crippen LogP contribution in [0.1, 0.15) is 11.1 Å². The maximum atomic E-state index is 12.4. The molecule has 0 radical (unpaired) electrons. The lowest BCUT2D eigenvalue weighted by molar-refractivity contribution is 0.601. The number of nitrogens with one attached hydrogen (secondary N) is 1. The van der Waals surface area contributed by atoms with E-state index in [1.165, 1.54) is 18.2 Å². The number of halogens is 2. The molecule has 0 saturated heterocycles. The second-order valence-corrected chi connectivity index (χ2v) is 6.74. The Morgan fingerprint density at radius 1 is 1.14 bits per heavy atom. The highest BCUT2D eigenvalue weighted by molar-refractivity contribution is 7.92. The Balaban J connectivity index is 2.44. The summed E-state index contributed by atoms with van der Waals surface area (Å²) < 4.78 is 27.2. The van der Waals surface area contributed by atoms with Gasteiger partial charge in [-0.05, 0) is 42.8 Å². The fourth-order valence-corrected chi connectivity index (χ4v) is 3.55. The van der Waals surface area contributed by atoms with Crippen molar-refractivity contribution in [1.82, 2.24) is 0 Å². The first-order valence-electron chi connectivity index (χ1n) is 5.83. The molecular formula is C14H10Cl2N2O2S. The van der Waals surface area contributed by atoms with Crippen LogP contribution in [0.25, 0.3) is 0 Å². The van der Waals surface area contributed by atoms with E-state index in [-0.39, 0.29) is 15.5 Å². The van der Waals surface area contributed by atoms with Crippen molar-refractivity contribution in [2.24, 2.45) is 0 Å². The number of benzene rings is 2. The highest BCUT2D eigenvalue weighted by Gasteiger charge is 2.19. The second-order valence-electron chi connectivity index (χ2n) is 4.27. The predicted molar refractivity (Wildman–Crippen MR) is 83.2 cm³/mol. The van der Waals surface area contributed by atoms with Gasteiger partial charge in [-0.15, -0.1) is 0 Å². The monoisotopic (exact) mass is 340 g/mol. The summed E-state index contributed by atoms with van der Waals surface area (Å²) in [5, 5.41) is 9.22. The van der Waals surface area contributed by atoms with Gasteiger partial charge in [-0.1, -0.05) is 29.3 Å². The fraction of sp³-hybridized carbons (Fsp3) is 0.0714. The van der Waals surface area contributed by atoms with E-state index in [9.17, 15) is 8.42 Å². The molecule has 0 saturated carbocycles. The molecule has 1 N–H and O–H groups in total. The Morgan fingerprint density at radius 3 is 2.48 bits per heavy atom. The molecule has 0 amide bonds. The molecule has 0 bridgehead atoms. The van der Waals surface area contributed by atoms with Crippen molar-refractivity contribution in [2.75, 3.05) is 4.72 Å². The minimum Gasteiger partial charge on any atom is -0.279 e. The number of hydrogen-bond acceptors (Lipinski definition) is 3. The molecule has 0 aromatic heterocycles. The summed E-state index contributed by atoms with van der Waals surface area (Å²) in [6.07, 6.45) is 0. The normalized spacial score (nSPS) is 11.0. The van der Waals surface area contributed by atoms with Gasteiger partial charge in [0.2, 0.25) is 0 Å². The summed E-state index contributed by atoms with van der Waals surface area (Å²) in [4.78, 5) is -0.0949. The Morgan fingerprint density at radius 2 is 1.86 bits per heavy atom. The van der Waals surface area contributed by atoms with Gasteiger partial charge >= 0.3 is 0 Å². The van der Waals surface area contributed by atoms with Gasteiger partial charge in [-0.2, -0.15) is 5.26 Å². The average Bonchev–Trinajstić information content (AvgIpc) is 2.43. The molecule has 2 aromatic rings. The van der Waals surface area contributed by atoms with E-state index in [1.54, 1.807) is 25.1 Å². The van der Waals surface area contributed by atoms with Crippen molar-refractivity contribution in [3.05, 3.63) is 57.6 Å². The van der Waals surface area contributed by atoms with Crippen molar-refractivity contribution in [2.45, 2.75) is 11.8 Å². The molecule has 0 spiro atoms. The van der Waals surface area contributed by atoms with Crippen molar-refractivity contribution >= 4 is 38.9 Å². The molecular weight excluding hydrogens is 331 g/mol. The third kappa shape index (κ3) is 3.30. The summed E-state index contributed by atoms with van der Waals surface area (Å²) in [6, 6.07) is 10.8. The van der Waals surface area contributed by atoms with E-state index in [0.29, 0.717) is 16.3 Å². The number of nitrogens with zero attached hydrogens (tertiary/aromatic N) is 1. The lowest BCUT2D eigenvalue weighted by Crippen LogP contribution is -2.14. The second kappa shape index (κ2) is 5.94. The zero-order chi connectivity index (χ0) is 15.6. The molecule has 0 fully saturated rings. The highest BCUT2D eigenvalue weighted by atomic mass is 35.5. The summed E-state index contributed by atoms with van der Waals surface area (Å²) in [6.45, 7) is 1.71. The van der Waals surface area contributed by atoms with Crippen LogP contribution in [0.15, 0.2) is 41.3 Å². The van der Waals surface area contributed by atoms with Crippen LogP contribution in [0.5, 0.6) is 0 Å². The van der Waals surface area contributed by atoms with Crippen LogP contribution in [0.4, 0.5) is 5.69 Å². The largest absolute Gasteiger partial charge is 0.279 e. The molecule has 0 atom stereocenters. The fourth-order valence-electron chi connectivity index (χ4n) is 1.71. The molecule has 4 nitrogen and oxygen atoms in total. The Labute approximate surface area is 133 Å². The summed E-state index contributed by atoms with van der Waals surface area (Å²) in [7, 11) is -3.86. The zero-order valence-corrected chi connectivity index (χ0v) is 13.2. The Bertz CT molecular complexity index is 843. The zero-order valence-electron chi connectivity index (χ0n) is 10.9. The first-order valence-corrected chi connectivity index (χ1v) is 8.06. The van der Waals surface area contributed by atoms with E-state index in [0.717, 1.165) is 0 Å². The van der Waals surface area contributed by atoms with Gasteiger partial charge in [-0.25, -0.2) is 8.42 Å². The van der Waals surface area contributed by atoms with Crippen molar-refractivity contribution in [3.8, 4) is 6.07 Å². The van der Waals surface area contributed by atoms with Crippen LogP contribution >= 0.6 is 23.2 Å². The first kappa shape index (κ1) is 15.6. The van der Waals surface area contributed by atoms with Crippen LogP contribution in [0.2, 0.25) is 10.0 Å². The standard InChI is InChI=1S/C14H10Cl2N2O2S/c1-9-11(15)3-2-4-13(9)18-21(19,20)14-6-5-10(8-17)7-12(14)16/h2-7,18H,1H3. The SMILES string of the molecule is Cc1c(Cl)cccc1NS(=O)(=O)c1ccc(C#N)cc1Cl. The Kier molecular flexibility index (Phi) is 4.43. The van der Waals surface area contributed by atoms with Gasteiger partial charge in [0.25, 0.3) is 10.0 Å². The maximum Gasteiger partial charge on any atom is 0.263 e. The van der Waals surface area contributed by atoms with E-state index < -0.39 is 10.0 Å². The number of anilines is 1. The van der Waals surface area contributed by atoms with Gasteiger partial charge in [-0.3, -0.25) is 4.72 Å². The lowest BCUT2D eigenvalue weighted by atomic mass is 10.2. The quantitative estimate of drug-likeness (QED) is 0.918. The first-order chi connectivity index (χ1) is 9.85. The van der Waals surface area contributed by atoms with Gasteiger partial charge in [0.1, 0.15) is 4.90 Å². The molecule has 7 heteroatoms. The van der Waals surface area contributed by atoms with Gasteiger partial charge < -0.3 is 0 Å². The number of nitriles is 1. The Hall–Kier alpha value is -1.74. The van der Waals surface area contributed by atoms with Gasteiger partial charge in [0.05, 0.1) is 22.3 Å². The molecule has 0 aliphatic carbocycles. The molecule has 0 unspecified atom stereocenters. The molecule has 2 rings (SSSR count). The van der Waals surface area contributed by atoms with Crippen LogP contribution in [-0.4, -0.2) is 8.42 Å². The average molecular weight is 341 g/mol. The molecule has 2 aromatic carbocycles. The molecule has 0 aliphatic heterocycles. The number of sulfonamides is 1. The van der Waals surface area contributed by atoms with Gasteiger partial charge in [0, 0.05) is 5.02 Å². The molecule has 108 valence electrons. The van der Waals surface area contributed by atoms with E-state index in [1.807, 2.05) is 6.07 Å². The number of hydrogen-bond donors (Lipinski definition) is 1. The van der Waals surface area contributed by atoms with Crippen molar-refractivity contribution in [1.29, 1.82) is 5.26 Å². The van der Waals surface area contributed by atoms with Gasteiger partial charge in [0.15, 0.2) is 0 Å². The number of rotatable bonds is 3. The minimum absolute atomic E-state index is 0.0127. The maximum absolute atomic E-state index is 12.4. The summed E-state index contributed by atoms with van der Waals surface area (Å²) >= 11 is 11.9. The van der Waals surface area contributed by atoms with Crippen molar-refractivity contribution < 1.29 is 8.42 Å². The van der Waals surface area contributed by atoms with E-state index >= 15 is 0 Å².